The van der Waals surface area contributed by atoms with Crippen LogP contribution in [0.4, 0.5) is 0 Å². The summed E-state index contributed by atoms with van der Waals surface area (Å²) in [5.74, 6) is 1.04. The predicted molar refractivity (Wildman–Crippen MR) is 86.1 cm³/mol. The van der Waals surface area contributed by atoms with Crippen LogP contribution < -0.4 is 5.32 Å². The van der Waals surface area contributed by atoms with Crippen molar-refractivity contribution < 1.29 is 0 Å². The number of aromatic nitrogens is 2. The van der Waals surface area contributed by atoms with E-state index in [0.717, 1.165) is 25.3 Å². The third-order valence-electron chi connectivity index (χ3n) is 3.19. The molecule has 0 bridgehead atoms. The number of hydrogen-bond donors (Lipinski definition) is 1. The van der Waals surface area contributed by atoms with Crippen LogP contribution in [0.25, 0.3) is 0 Å². The monoisotopic (exact) mass is 289 g/mol. The zero-order valence-corrected chi connectivity index (χ0v) is 13.1. The number of thioether (sulfide) groups is 1. The molecule has 0 spiro atoms. The van der Waals surface area contributed by atoms with Crippen molar-refractivity contribution in [2.45, 2.75) is 37.8 Å². The van der Waals surface area contributed by atoms with Gasteiger partial charge in [0, 0.05) is 28.5 Å². The average Bonchev–Trinajstić information content (AvgIpc) is 2.95. The molecule has 1 heterocycles. The van der Waals surface area contributed by atoms with E-state index in [4.69, 9.17) is 0 Å². The van der Waals surface area contributed by atoms with Crippen molar-refractivity contribution >= 4 is 11.8 Å². The van der Waals surface area contributed by atoms with Gasteiger partial charge in [0.05, 0.1) is 12.7 Å². The zero-order chi connectivity index (χ0) is 14.2. The number of hydrogen-bond acceptors (Lipinski definition) is 3. The lowest BCUT2D eigenvalue weighted by atomic mass is 10.2. The van der Waals surface area contributed by atoms with E-state index >= 15 is 0 Å². The Morgan fingerprint density at radius 3 is 2.85 bits per heavy atom. The molecule has 4 heteroatoms. The van der Waals surface area contributed by atoms with E-state index in [2.05, 4.69) is 60.8 Å². The molecule has 0 radical (unpaired) electrons. The second-order valence-corrected chi connectivity index (χ2v) is 6.04. The predicted octanol–water partition coefficient (Wildman–Crippen LogP) is 3.74. The average molecular weight is 289 g/mol. The van der Waals surface area contributed by atoms with Gasteiger partial charge in [0.2, 0.25) is 0 Å². The molecule has 1 aromatic heterocycles. The number of aryl methyl sites for hydroxylation is 1. The molecule has 0 amide bonds. The van der Waals surface area contributed by atoms with Gasteiger partial charge in [0.25, 0.3) is 0 Å². The van der Waals surface area contributed by atoms with Gasteiger partial charge in [-0.1, -0.05) is 25.1 Å². The van der Waals surface area contributed by atoms with Crippen LogP contribution >= 0.6 is 11.8 Å². The standard InChI is InChI=1S/C16H23N3S/c1-3-9-17-14(2)15-12-18-19(13-15)10-11-20-16-7-5-4-6-8-16/h4-8,12-14,17H,3,9-11H2,1-2H3. The number of nitrogens with zero attached hydrogens (tertiary/aromatic N) is 2. The summed E-state index contributed by atoms with van der Waals surface area (Å²) < 4.78 is 2.04. The van der Waals surface area contributed by atoms with Crippen molar-refractivity contribution in [1.29, 1.82) is 0 Å². The van der Waals surface area contributed by atoms with Gasteiger partial charge in [0.1, 0.15) is 0 Å². The molecule has 1 atom stereocenters. The second-order valence-electron chi connectivity index (χ2n) is 4.87. The van der Waals surface area contributed by atoms with E-state index in [0.29, 0.717) is 6.04 Å². The SMILES string of the molecule is CCCNC(C)c1cnn(CCSc2ccccc2)c1. The van der Waals surface area contributed by atoms with Crippen LogP contribution in [0, 0.1) is 0 Å². The summed E-state index contributed by atoms with van der Waals surface area (Å²) in [7, 11) is 0. The lowest BCUT2D eigenvalue weighted by Gasteiger charge is -2.10. The first kappa shape index (κ1) is 15.1. The van der Waals surface area contributed by atoms with Crippen LogP contribution in [0.15, 0.2) is 47.6 Å². The fourth-order valence-electron chi connectivity index (χ4n) is 1.98. The van der Waals surface area contributed by atoms with E-state index < -0.39 is 0 Å². The molecule has 1 aromatic carbocycles. The largest absolute Gasteiger partial charge is 0.310 e. The van der Waals surface area contributed by atoms with E-state index in [9.17, 15) is 0 Å². The Morgan fingerprint density at radius 1 is 1.30 bits per heavy atom. The molecule has 0 fully saturated rings. The highest BCUT2D eigenvalue weighted by molar-refractivity contribution is 7.99. The summed E-state index contributed by atoms with van der Waals surface area (Å²) in [6, 6.07) is 10.9. The Morgan fingerprint density at radius 2 is 2.10 bits per heavy atom. The van der Waals surface area contributed by atoms with Gasteiger partial charge in [-0.05, 0) is 32.0 Å². The number of benzene rings is 1. The quantitative estimate of drug-likeness (QED) is 0.751. The fourth-order valence-corrected chi connectivity index (χ4v) is 2.84. The molecule has 108 valence electrons. The minimum absolute atomic E-state index is 0.380. The van der Waals surface area contributed by atoms with Crippen LogP contribution in [-0.4, -0.2) is 22.1 Å². The van der Waals surface area contributed by atoms with Gasteiger partial charge >= 0.3 is 0 Å². The van der Waals surface area contributed by atoms with Crippen LogP contribution in [0.3, 0.4) is 0 Å². The first-order valence-corrected chi connectivity index (χ1v) is 8.21. The molecule has 3 nitrogen and oxygen atoms in total. The Kier molecular flexibility index (Phi) is 6.15. The molecule has 2 rings (SSSR count). The summed E-state index contributed by atoms with van der Waals surface area (Å²) in [4.78, 5) is 1.32. The van der Waals surface area contributed by atoms with E-state index in [1.54, 1.807) is 0 Å². The first-order chi connectivity index (χ1) is 9.79. The van der Waals surface area contributed by atoms with Crippen molar-refractivity contribution in [3.8, 4) is 0 Å². The molecular formula is C16H23N3S. The second kappa shape index (κ2) is 8.12. The van der Waals surface area contributed by atoms with Crippen LogP contribution in [0.5, 0.6) is 0 Å². The molecule has 0 aliphatic carbocycles. The van der Waals surface area contributed by atoms with E-state index in [1.807, 2.05) is 22.6 Å². The smallest absolute Gasteiger partial charge is 0.0537 e. The zero-order valence-electron chi connectivity index (χ0n) is 12.2. The maximum absolute atomic E-state index is 4.44. The van der Waals surface area contributed by atoms with Gasteiger partial charge in [-0.2, -0.15) is 5.10 Å². The van der Waals surface area contributed by atoms with Crippen LogP contribution in [-0.2, 0) is 6.54 Å². The van der Waals surface area contributed by atoms with Crippen molar-refractivity contribution in [2.24, 2.45) is 0 Å². The summed E-state index contributed by atoms with van der Waals surface area (Å²) in [5, 5.41) is 7.93. The highest BCUT2D eigenvalue weighted by Gasteiger charge is 2.06. The molecule has 0 saturated heterocycles. The molecule has 2 aromatic rings. The molecular weight excluding hydrogens is 266 g/mol. The third kappa shape index (κ3) is 4.69. The van der Waals surface area contributed by atoms with Crippen molar-refractivity contribution in [1.82, 2.24) is 15.1 Å². The maximum atomic E-state index is 4.44. The Bertz CT molecular complexity index is 495. The van der Waals surface area contributed by atoms with E-state index in [1.165, 1.54) is 10.5 Å². The molecule has 1 unspecified atom stereocenters. The Balaban J connectivity index is 1.78. The highest BCUT2D eigenvalue weighted by Crippen LogP contribution is 2.17. The lowest BCUT2D eigenvalue weighted by Crippen LogP contribution is -2.18. The van der Waals surface area contributed by atoms with Gasteiger partial charge in [-0.25, -0.2) is 0 Å². The first-order valence-electron chi connectivity index (χ1n) is 7.23. The molecule has 0 aliphatic rings. The highest BCUT2D eigenvalue weighted by atomic mass is 32.2. The van der Waals surface area contributed by atoms with Crippen molar-refractivity contribution in [3.05, 3.63) is 48.3 Å². The molecule has 1 N–H and O–H groups in total. The number of nitrogens with one attached hydrogen (secondary N) is 1. The summed E-state index contributed by atoms with van der Waals surface area (Å²) in [6.45, 7) is 6.37. The topological polar surface area (TPSA) is 29.9 Å². The molecule has 20 heavy (non-hydrogen) atoms. The molecule has 0 aliphatic heterocycles. The van der Waals surface area contributed by atoms with Crippen molar-refractivity contribution in [3.63, 3.8) is 0 Å². The lowest BCUT2D eigenvalue weighted by molar-refractivity contribution is 0.569. The summed E-state index contributed by atoms with van der Waals surface area (Å²) >= 11 is 1.87. The molecule has 0 saturated carbocycles. The van der Waals surface area contributed by atoms with Crippen molar-refractivity contribution in [2.75, 3.05) is 12.3 Å². The Labute approximate surface area is 125 Å². The summed E-state index contributed by atoms with van der Waals surface area (Å²) in [6.07, 6.45) is 5.28. The van der Waals surface area contributed by atoms with Crippen LogP contribution in [0.1, 0.15) is 31.9 Å². The Hall–Kier alpha value is -1.26. The third-order valence-corrected chi connectivity index (χ3v) is 4.18. The van der Waals surface area contributed by atoms with Gasteiger partial charge in [-0.3, -0.25) is 4.68 Å². The fraction of sp³-hybridized carbons (Fsp3) is 0.438. The normalized spacial score (nSPS) is 12.5. The summed E-state index contributed by atoms with van der Waals surface area (Å²) in [5.41, 5.74) is 1.27. The maximum Gasteiger partial charge on any atom is 0.0537 e. The minimum Gasteiger partial charge on any atom is -0.310 e. The minimum atomic E-state index is 0.380. The van der Waals surface area contributed by atoms with Gasteiger partial charge in [-0.15, -0.1) is 11.8 Å². The van der Waals surface area contributed by atoms with Gasteiger partial charge in [0.15, 0.2) is 0 Å². The van der Waals surface area contributed by atoms with E-state index in [-0.39, 0.29) is 0 Å². The van der Waals surface area contributed by atoms with Gasteiger partial charge < -0.3 is 5.32 Å². The number of rotatable bonds is 8. The van der Waals surface area contributed by atoms with Crippen LogP contribution in [0.2, 0.25) is 0 Å².